The van der Waals surface area contributed by atoms with Crippen LogP contribution < -0.4 is 4.31 Å². The summed E-state index contributed by atoms with van der Waals surface area (Å²) in [5, 5.41) is 6.37. The predicted molar refractivity (Wildman–Crippen MR) is 136 cm³/mol. The number of carbonyl (C=O) groups is 1. The van der Waals surface area contributed by atoms with Crippen molar-refractivity contribution in [1.29, 1.82) is 0 Å². The van der Waals surface area contributed by atoms with Gasteiger partial charge in [0.1, 0.15) is 5.01 Å². The van der Waals surface area contributed by atoms with Crippen LogP contribution in [0.4, 0.5) is 5.69 Å². The molecule has 6 nitrogen and oxygen atoms in total. The predicted octanol–water partition coefficient (Wildman–Crippen LogP) is 5.16. The minimum atomic E-state index is 0.176. The van der Waals surface area contributed by atoms with Gasteiger partial charge in [0.15, 0.2) is 0 Å². The third-order valence-corrected chi connectivity index (χ3v) is 8.65. The first-order valence-corrected chi connectivity index (χ1v) is 13.1. The van der Waals surface area contributed by atoms with Crippen LogP contribution in [0.3, 0.4) is 0 Å². The van der Waals surface area contributed by atoms with Crippen molar-refractivity contribution in [2.45, 2.75) is 18.4 Å². The SMILES string of the molecule is CC(=O)N1CCN(Cc2sccc2SN(C)c2cccc3cc(-c4nccs4)[nH]c23)CC1. The Morgan fingerprint density at radius 2 is 2.03 bits per heavy atom. The van der Waals surface area contributed by atoms with Gasteiger partial charge in [-0.05, 0) is 35.5 Å². The number of thiophene rings is 1. The fourth-order valence-corrected chi connectivity index (χ4v) is 6.62. The van der Waals surface area contributed by atoms with Crippen LogP contribution in [0.2, 0.25) is 0 Å². The van der Waals surface area contributed by atoms with Gasteiger partial charge in [0.2, 0.25) is 5.91 Å². The number of fused-ring (bicyclic) bond motifs is 1. The van der Waals surface area contributed by atoms with E-state index in [0.29, 0.717) is 0 Å². The molecule has 0 atom stereocenters. The summed E-state index contributed by atoms with van der Waals surface area (Å²) in [6.45, 7) is 6.08. The van der Waals surface area contributed by atoms with E-state index in [1.54, 1.807) is 30.2 Å². The molecule has 3 aromatic heterocycles. The summed E-state index contributed by atoms with van der Waals surface area (Å²) in [7, 11) is 2.12. The molecule has 1 saturated heterocycles. The summed E-state index contributed by atoms with van der Waals surface area (Å²) < 4.78 is 2.24. The number of aromatic amines is 1. The van der Waals surface area contributed by atoms with Crippen molar-refractivity contribution in [2.75, 3.05) is 37.5 Å². The molecule has 1 amide bonds. The number of nitrogens with zero attached hydrogens (tertiary/aromatic N) is 4. The highest BCUT2D eigenvalue weighted by atomic mass is 32.2. The fraction of sp³-hybridized carbons (Fsp3) is 0.304. The summed E-state index contributed by atoms with van der Waals surface area (Å²) >= 11 is 5.22. The van der Waals surface area contributed by atoms with Gasteiger partial charge in [-0.25, -0.2) is 4.98 Å². The molecule has 0 aliphatic carbocycles. The second kappa shape index (κ2) is 9.27. The molecule has 1 aliphatic rings. The zero-order chi connectivity index (χ0) is 22.1. The minimum absolute atomic E-state index is 0.176. The van der Waals surface area contributed by atoms with Crippen LogP contribution in [0.25, 0.3) is 21.6 Å². The number of anilines is 1. The summed E-state index contributed by atoms with van der Waals surface area (Å²) in [5.41, 5.74) is 3.34. The molecular weight excluding hydrogens is 458 g/mol. The van der Waals surface area contributed by atoms with Crippen LogP contribution >= 0.6 is 34.6 Å². The Kier molecular flexibility index (Phi) is 6.23. The van der Waals surface area contributed by atoms with Crippen molar-refractivity contribution in [3.63, 3.8) is 0 Å². The zero-order valence-electron chi connectivity index (χ0n) is 18.1. The van der Waals surface area contributed by atoms with Crippen molar-refractivity contribution in [1.82, 2.24) is 19.8 Å². The number of carbonyl (C=O) groups excluding carboxylic acids is 1. The van der Waals surface area contributed by atoms with Crippen LogP contribution in [-0.4, -0.2) is 58.9 Å². The molecule has 9 heteroatoms. The molecule has 1 aromatic carbocycles. The van der Waals surface area contributed by atoms with Crippen LogP contribution in [-0.2, 0) is 11.3 Å². The normalized spacial score (nSPS) is 14.9. The fourth-order valence-electron chi connectivity index (χ4n) is 4.02. The second-order valence-corrected chi connectivity index (χ2v) is 10.9. The molecule has 32 heavy (non-hydrogen) atoms. The van der Waals surface area contributed by atoms with E-state index in [1.807, 2.05) is 27.8 Å². The quantitative estimate of drug-likeness (QED) is 0.384. The molecule has 1 N–H and O–H groups in total. The van der Waals surface area contributed by atoms with E-state index in [4.69, 9.17) is 0 Å². The molecule has 1 aliphatic heterocycles. The number of piperazine rings is 1. The molecular formula is C23H25N5OS3. The van der Waals surface area contributed by atoms with E-state index < -0.39 is 0 Å². The Balaban J connectivity index is 1.31. The van der Waals surface area contributed by atoms with Gasteiger partial charge in [0.25, 0.3) is 0 Å². The van der Waals surface area contributed by atoms with Gasteiger partial charge in [-0.15, -0.1) is 22.7 Å². The lowest BCUT2D eigenvalue weighted by atomic mass is 10.2. The van der Waals surface area contributed by atoms with Crippen molar-refractivity contribution in [2.24, 2.45) is 0 Å². The molecule has 0 saturated carbocycles. The summed E-state index contributed by atoms with van der Waals surface area (Å²) in [6.07, 6.45) is 1.84. The second-order valence-electron chi connectivity index (χ2n) is 7.84. The van der Waals surface area contributed by atoms with E-state index in [0.717, 1.165) is 54.6 Å². The topological polar surface area (TPSA) is 55.5 Å². The molecule has 4 aromatic rings. The maximum Gasteiger partial charge on any atom is 0.219 e. The average molecular weight is 484 g/mol. The first kappa shape index (κ1) is 21.5. The van der Waals surface area contributed by atoms with Gasteiger partial charge in [0.05, 0.1) is 16.9 Å². The van der Waals surface area contributed by atoms with Gasteiger partial charge in [-0.2, -0.15) is 0 Å². The van der Waals surface area contributed by atoms with E-state index in [9.17, 15) is 4.79 Å². The number of nitrogens with one attached hydrogen (secondary N) is 1. The Morgan fingerprint density at radius 1 is 1.19 bits per heavy atom. The number of aromatic nitrogens is 2. The summed E-state index contributed by atoms with van der Waals surface area (Å²) in [4.78, 5) is 26.7. The first-order valence-electron chi connectivity index (χ1n) is 10.6. The Labute approximate surface area is 200 Å². The standard InChI is InChI=1S/C23H25N5OS3/c1-16(29)28-10-8-27(9-11-28)15-21-20(6-12-30-21)32-26(2)19-5-3-4-17-14-18(25-22(17)19)23-24-7-13-31-23/h3-7,12-14,25H,8-11,15H2,1-2H3. The Hall–Kier alpha value is -2.33. The lowest BCUT2D eigenvalue weighted by Crippen LogP contribution is -2.47. The maximum atomic E-state index is 11.6. The molecule has 166 valence electrons. The van der Waals surface area contributed by atoms with Crippen molar-refractivity contribution in [3.05, 3.63) is 52.2 Å². The van der Waals surface area contributed by atoms with E-state index in [1.165, 1.54) is 15.2 Å². The number of hydrogen-bond acceptors (Lipinski definition) is 7. The number of thiazole rings is 1. The highest BCUT2D eigenvalue weighted by Crippen LogP contribution is 2.37. The van der Waals surface area contributed by atoms with Gasteiger partial charge in [-0.3, -0.25) is 9.69 Å². The van der Waals surface area contributed by atoms with E-state index >= 15 is 0 Å². The summed E-state index contributed by atoms with van der Waals surface area (Å²) in [6, 6.07) is 10.8. The highest BCUT2D eigenvalue weighted by molar-refractivity contribution is 8.00. The van der Waals surface area contributed by atoms with Gasteiger partial charge in [0, 0.05) is 73.4 Å². The molecule has 1 fully saturated rings. The highest BCUT2D eigenvalue weighted by Gasteiger charge is 2.21. The number of hydrogen-bond donors (Lipinski definition) is 1. The van der Waals surface area contributed by atoms with Crippen LogP contribution in [0, 0.1) is 0 Å². The monoisotopic (exact) mass is 483 g/mol. The van der Waals surface area contributed by atoms with Crippen molar-refractivity contribution >= 4 is 57.1 Å². The Bertz CT molecular complexity index is 1210. The molecule has 0 unspecified atom stereocenters. The minimum Gasteiger partial charge on any atom is -0.351 e. The zero-order valence-corrected chi connectivity index (χ0v) is 20.5. The molecule has 4 heterocycles. The molecule has 0 radical (unpaired) electrons. The van der Waals surface area contributed by atoms with Gasteiger partial charge < -0.3 is 14.2 Å². The van der Waals surface area contributed by atoms with Crippen molar-refractivity contribution < 1.29 is 4.79 Å². The average Bonchev–Trinajstić information content (AvgIpc) is 3.55. The maximum absolute atomic E-state index is 11.6. The van der Waals surface area contributed by atoms with Crippen LogP contribution in [0.15, 0.2) is 52.2 Å². The lowest BCUT2D eigenvalue weighted by molar-refractivity contribution is -0.130. The third-order valence-electron chi connectivity index (χ3n) is 5.76. The number of H-pyrrole nitrogens is 1. The molecule has 0 spiro atoms. The molecule has 0 bridgehead atoms. The third kappa shape index (κ3) is 4.43. The van der Waals surface area contributed by atoms with Gasteiger partial charge >= 0.3 is 0 Å². The largest absolute Gasteiger partial charge is 0.351 e. The lowest BCUT2D eigenvalue weighted by Gasteiger charge is -2.34. The number of amides is 1. The van der Waals surface area contributed by atoms with Gasteiger partial charge in [-0.1, -0.05) is 12.1 Å². The smallest absolute Gasteiger partial charge is 0.219 e. The van der Waals surface area contributed by atoms with E-state index in [-0.39, 0.29) is 5.91 Å². The number of rotatable bonds is 6. The number of para-hydroxylation sites is 1. The number of benzene rings is 1. The van der Waals surface area contributed by atoms with Crippen LogP contribution in [0.1, 0.15) is 11.8 Å². The Morgan fingerprint density at radius 3 is 2.78 bits per heavy atom. The summed E-state index contributed by atoms with van der Waals surface area (Å²) in [5.74, 6) is 0.176. The van der Waals surface area contributed by atoms with E-state index in [2.05, 4.69) is 61.9 Å². The van der Waals surface area contributed by atoms with Crippen molar-refractivity contribution in [3.8, 4) is 10.7 Å². The molecule has 5 rings (SSSR count). The van der Waals surface area contributed by atoms with Crippen LogP contribution in [0.5, 0.6) is 0 Å². The first-order chi connectivity index (χ1) is 15.6.